The molecule has 0 heterocycles. The summed E-state index contributed by atoms with van der Waals surface area (Å²) in [6.07, 6.45) is 0. The largest absolute Gasteiger partial charge is 0.503 e. The van der Waals surface area contributed by atoms with Crippen molar-refractivity contribution in [2.45, 2.75) is 0 Å². The smallest absolute Gasteiger partial charge is 0.396 e. The van der Waals surface area contributed by atoms with Crippen molar-refractivity contribution in [3.05, 3.63) is 0 Å². The standard InChI is InChI=1S/FH.HIO3/c;2-1(3)4/h1H;2H. The molecule has 5 heavy (non-hydrogen) atoms. The zero-order valence-corrected chi connectivity index (χ0v) is 4.21. The molecule has 0 radical (unpaired) electrons. The van der Waals surface area contributed by atoms with Gasteiger partial charge in [-0.05, 0) is 3.44 Å². The number of rotatable bonds is 0. The summed E-state index contributed by atoms with van der Waals surface area (Å²) in [5, 5.41) is 0. The van der Waals surface area contributed by atoms with Crippen molar-refractivity contribution in [3.8, 4) is 0 Å². The lowest BCUT2D eigenvalue weighted by atomic mass is 16.0. The Kier molecular flexibility index (Phi) is 8.27. The van der Waals surface area contributed by atoms with E-state index in [-0.39, 0.29) is 4.70 Å². The molecular formula is H2FIO3. The molecule has 0 rings (SSSR count). The fraction of sp³-hybridized carbons (Fsp3) is 0. The van der Waals surface area contributed by atoms with E-state index in [0.29, 0.717) is 0 Å². The first kappa shape index (κ1) is 9.11. The van der Waals surface area contributed by atoms with Gasteiger partial charge >= 0.3 is 21.1 Å². The zero-order valence-electron chi connectivity index (χ0n) is 2.05. The molecule has 0 aliphatic carbocycles. The van der Waals surface area contributed by atoms with Gasteiger partial charge in [0.25, 0.3) is 0 Å². The quantitative estimate of drug-likeness (QED) is 0.392. The van der Waals surface area contributed by atoms with Crippen LogP contribution in [0, 0.1) is 0 Å². The van der Waals surface area contributed by atoms with Gasteiger partial charge in [0.2, 0.25) is 0 Å². The molecule has 0 atom stereocenters. The van der Waals surface area contributed by atoms with Crippen molar-refractivity contribution >= 4 is 0 Å². The highest BCUT2D eigenvalue weighted by atomic mass is 127. The molecule has 0 bridgehead atoms. The van der Waals surface area contributed by atoms with Gasteiger partial charge in [0.15, 0.2) is 0 Å². The molecule has 0 spiro atoms. The van der Waals surface area contributed by atoms with Crippen molar-refractivity contribution in [1.82, 2.24) is 0 Å². The topological polar surface area (TPSA) is 66.3 Å². The van der Waals surface area contributed by atoms with Crippen molar-refractivity contribution in [2.24, 2.45) is 0 Å². The molecule has 1 N–H and O–H groups in total. The van der Waals surface area contributed by atoms with E-state index in [4.69, 9.17) is 10.3 Å². The lowest BCUT2D eigenvalue weighted by molar-refractivity contribution is -1.63. The molecule has 0 aromatic heterocycles. The van der Waals surface area contributed by atoms with Crippen LogP contribution >= 0.6 is 0 Å². The molecule has 3 nitrogen and oxygen atoms in total. The average Bonchev–Trinajstić information content (AvgIpc) is 0.811. The molecule has 0 saturated carbocycles. The second kappa shape index (κ2) is 4.54. The molecule has 0 aromatic rings. The number of hydrogen-bond donors (Lipinski definition) is 1. The molecule has 0 aromatic carbocycles. The van der Waals surface area contributed by atoms with Gasteiger partial charge in [-0.2, -0.15) is 0 Å². The van der Waals surface area contributed by atoms with Crippen molar-refractivity contribution in [3.63, 3.8) is 0 Å². The van der Waals surface area contributed by atoms with Crippen LogP contribution in [-0.4, -0.2) is 3.44 Å². The summed E-state index contributed by atoms with van der Waals surface area (Å²) in [5.41, 5.74) is 0. The van der Waals surface area contributed by atoms with E-state index >= 15 is 0 Å². The number of hydrogen-bond acceptors (Lipinski definition) is 3. The van der Waals surface area contributed by atoms with Crippen LogP contribution in [0.5, 0.6) is 0 Å². The summed E-state index contributed by atoms with van der Waals surface area (Å²) in [4.78, 5) is 0. The van der Waals surface area contributed by atoms with Gasteiger partial charge in [-0.15, -0.1) is 0 Å². The van der Waals surface area contributed by atoms with E-state index in [2.05, 4.69) is 0 Å². The summed E-state index contributed by atoms with van der Waals surface area (Å²) >= 11 is -3.76. The van der Waals surface area contributed by atoms with Crippen molar-refractivity contribution < 1.29 is 36.1 Å². The Morgan fingerprint density at radius 2 is 1.40 bits per heavy atom. The molecule has 0 fully saturated rings. The van der Waals surface area contributed by atoms with Gasteiger partial charge in [0.1, 0.15) is 0 Å². The van der Waals surface area contributed by atoms with Gasteiger partial charge in [0.05, 0.1) is 0 Å². The monoisotopic (exact) mass is 196 g/mol. The van der Waals surface area contributed by atoms with Crippen molar-refractivity contribution in [2.75, 3.05) is 0 Å². The fourth-order valence-electron chi connectivity index (χ4n) is 0. The molecule has 0 aliphatic rings. The first-order valence-corrected chi connectivity index (χ1v) is 3.20. The average molecular weight is 196 g/mol. The van der Waals surface area contributed by atoms with Gasteiger partial charge in [-0.25, -0.2) is 0 Å². The van der Waals surface area contributed by atoms with Crippen LogP contribution in [0.4, 0.5) is 4.70 Å². The summed E-state index contributed by atoms with van der Waals surface area (Å²) in [5.74, 6) is 0. The molecule has 0 amide bonds. The maximum atomic E-state index is 8.68. The van der Waals surface area contributed by atoms with Crippen LogP contribution in [0.1, 0.15) is 0 Å². The minimum absolute atomic E-state index is 0. The van der Waals surface area contributed by atoms with Crippen molar-refractivity contribution in [1.29, 1.82) is 0 Å². The van der Waals surface area contributed by atoms with Gasteiger partial charge in [-0.1, -0.05) is 0 Å². The molecular weight excluding hydrogens is 194 g/mol. The SMILES string of the molecule is F.[O-][I+2]([O-])O. The van der Waals surface area contributed by atoms with E-state index in [0.717, 1.165) is 0 Å². The van der Waals surface area contributed by atoms with E-state index in [9.17, 15) is 0 Å². The summed E-state index contributed by atoms with van der Waals surface area (Å²) in [6, 6.07) is 0. The highest BCUT2D eigenvalue weighted by Gasteiger charge is 1.89. The molecule has 0 unspecified atom stereocenters. The maximum Gasteiger partial charge on any atom is 0.503 e. The zero-order chi connectivity index (χ0) is 3.58. The van der Waals surface area contributed by atoms with Crippen LogP contribution in [0.15, 0.2) is 0 Å². The van der Waals surface area contributed by atoms with E-state index in [1.54, 1.807) is 0 Å². The van der Waals surface area contributed by atoms with Crippen LogP contribution in [0.2, 0.25) is 0 Å². The van der Waals surface area contributed by atoms with Crippen LogP contribution < -0.4 is 27.9 Å². The second-order valence-electron chi connectivity index (χ2n) is 0.201. The first-order valence-electron chi connectivity index (χ1n) is 0.478. The molecule has 34 valence electrons. The summed E-state index contributed by atoms with van der Waals surface area (Å²) in [7, 11) is 0. The summed E-state index contributed by atoms with van der Waals surface area (Å²) < 4.78 is 24.5. The molecule has 0 saturated heterocycles. The Bertz CT molecular complexity index is 11.6. The van der Waals surface area contributed by atoms with Crippen LogP contribution in [0.3, 0.4) is 0 Å². The maximum absolute atomic E-state index is 8.68. The Labute approximate surface area is 36.7 Å². The van der Waals surface area contributed by atoms with E-state index in [1.165, 1.54) is 0 Å². The Balaban J connectivity index is 0. The van der Waals surface area contributed by atoms with Gasteiger partial charge < -0.3 is 6.87 Å². The highest BCUT2D eigenvalue weighted by Crippen LogP contribution is 0.420. The third-order valence-corrected chi connectivity index (χ3v) is 0. The second-order valence-corrected chi connectivity index (χ2v) is 1.35. The third kappa shape index (κ3) is 100. The first-order chi connectivity index (χ1) is 1.73. The van der Waals surface area contributed by atoms with E-state index in [1.807, 2.05) is 0 Å². The van der Waals surface area contributed by atoms with Crippen LogP contribution in [-0.2, 0) is 0 Å². The fourth-order valence-corrected chi connectivity index (χ4v) is 0. The third-order valence-electron chi connectivity index (χ3n) is 0. The Hall–Kier alpha value is 0.540. The van der Waals surface area contributed by atoms with Crippen LogP contribution in [0.25, 0.3) is 0 Å². The number of halogens is 2. The normalized spacial score (nSPS) is 7.20. The lowest BCUT2D eigenvalue weighted by Gasteiger charge is -1.67. The van der Waals surface area contributed by atoms with E-state index < -0.39 is 21.1 Å². The lowest BCUT2D eigenvalue weighted by Crippen LogP contribution is -3.98. The predicted molar refractivity (Wildman–Crippen MR) is 4.72 cm³/mol. The minimum atomic E-state index is -3.76. The molecule has 5 heteroatoms. The minimum Gasteiger partial charge on any atom is -0.396 e. The van der Waals surface area contributed by atoms with Gasteiger partial charge in [-0.3, -0.25) is 4.70 Å². The Morgan fingerprint density at radius 1 is 1.40 bits per heavy atom. The highest BCUT2D eigenvalue weighted by molar-refractivity contribution is 1.94. The Morgan fingerprint density at radius 3 is 1.40 bits per heavy atom. The predicted octanol–water partition coefficient (Wildman–Crippen LogP) is -5.78. The summed E-state index contributed by atoms with van der Waals surface area (Å²) in [6.45, 7) is 0. The van der Waals surface area contributed by atoms with Gasteiger partial charge in [0, 0.05) is 0 Å². The molecule has 0 aliphatic heterocycles.